The van der Waals surface area contributed by atoms with Crippen molar-refractivity contribution >= 4 is 17.8 Å². The van der Waals surface area contributed by atoms with Gasteiger partial charge in [-0.15, -0.1) is 0 Å². The smallest absolute Gasteiger partial charge is 0.318 e. The number of carbonyl (C=O) groups excluding carboxylic acids is 3. The average Bonchev–Trinajstić information content (AvgIpc) is 3.20. The van der Waals surface area contributed by atoms with Gasteiger partial charge in [-0.05, 0) is 6.92 Å². The van der Waals surface area contributed by atoms with Crippen LogP contribution < -0.4 is 0 Å². The highest BCUT2D eigenvalue weighted by Gasteiger charge is 2.60. The van der Waals surface area contributed by atoms with Crippen LogP contribution in [-0.2, 0) is 28.6 Å². The highest BCUT2D eigenvalue weighted by molar-refractivity contribution is 6.01. The zero-order chi connectivity index (χ0) is 18.8. The second kappa shape index (κ2) is 7.45. The number of esters is 2. The molecule has 7 heteroatoms. The van der Waals surface area contributed by atoms with E-state index in [1.807, 2.05) is 30.3 Å². The van der Waals surface area contributed by atoms with Gasteiger partial charge >= 0.3 is 11.9 Å². The number of ether oxygens (including phenoxy) is 3. The standard InChI is InChI=1S/C19H23NO6/c1-4-25-19(23)15-14(11(2)18(22)24-3)13-10-26-17(20(13)16(15)21)12-8-6-5-7-9-12/h5-9,11,13-15,17H,4,10H2,1-3H3/t11-,13+,14+,15-,17+/m0/s1. The van der Waals surface area contributed by atoms with E-state index < -0.39 is 35.9 Å². The fourth-order valence-electron chi connectivity index (χ4n) is 3.98. The summed E-state index contributed by atoms with van der Waals surface area (Å²) in [5.74, 6) is -3.62. The number of amides is 1. The molecule has 0 bridgehead atoms. The molecule has 7 nitrogen and oxygen atoms in total. The maximum atomic E-state index is 13.1. The van der Waals surface area contributed by atoms with Crippen molar-refractivity contribution < 1.29 is 28.6 Å². The van der Waals surface area contributed by atoms with Crippen LogP contribution in [0.2, 0.25) is 0 Å². The molecule has 140 valence electrons. The summed E-state index contributed by atoms with van der Waals surface area (Å²) in [6.07, 6.45) is -0.569. The predicted molar refractivity (Wildman–Crippen MR) is 90.6 cm³/mol. The molecule has 0 N–H and O–H groups in total. The maximum Gasteiger partial charge on any atom is 0.318 e. The number of fused-ring (bicyclic) bond motifs is 1. The van der Waals surface area contributed by atoms with Crippen molar-refractivity contribution in [3.8, 4) is 0 Å². The Hall–Kier alpha value is -2.41. The minimum atomic E-state index is -1.02. The van der Waals surface area contributed by atoms with Gasteiger partial charge in [0.2, 0.25) is 5.91 Å². The van der Waals surface area contributed by atoms with E-state index in [-0.39, 0.29) is 25.2 Å². The summed E-state index contributed by atoms with van der Waals surface area (Å²) in [6, 6.07) is 8.98. The summed E-state index contributed by atoms with van der Waals surface area (Å²) in [6.45, 7) is 3.79. The monoisotopic (exact) mass is 361 g/mol. The second-order valence-electron chi connectivity index (χ2n) is 6.53. The summed E-state index contributed by atoms with van der Waals surface area (Å²) < 4.78 is 15.8. The van der Waals surface area contributed by atoms with Gasteiger partial charge in [0, 0.05) is 11.5 Å². The van der Waals surface area contributed by atoms with E-state index in [2.05, 4.69) is 0 Å². The van der Waals surface area contributed by atoms with Crippen LogP contribution in [0.3, 0.4) is 0 Å². The lowest BCUT2D eigenvalue weighted by Gasteiger charge is -2.25. The Bertz CT molecular complexity index is 691. The first kappa shape index (κ1) is 18.4. The molecule has 0 unspecified atom stereocenters. The topological polar surface area (TPSA) is 82.1 Å². The number of hydrogen-bond donors (Lipinski definition) is 0. The molecular weight excluding hydrogens is 338 g/mol. The summed E-state index contributed by atoms with van der Waals surface area (Å²) >= 11 is 0. The number of hydrogen-bond acceptors (Lipinski definition) is 6. The lowest BCUT2D eigenvalue weighted by molar-refractivity contribution is -0.157. The van der Waals surface area contributed by atoms with Crippen molar-refractivity contribution in [2.75, 3.05) is 20.3 Å². The third-order valence-electron chi connectivity index (χ3n) is 5.16. The molecule has 1 aromatic carbocycles. The quantitative estimate of drug-likeness (QED) is 0.584. The summed E-state index contributed by atoms with van der Waals surface area (Å²) in [5.41, 5.74) is 0.831. The van der Waals surface area contributed by atoms with Gasteiger partial charge in [0.25, 0.3) is 0 Å². The minimum Gasteiger partial charge on any atom is -0.469 e. The summed E-state index contributed by atoms with van der Waals surface area (Å²) in [5, 5.41) is 0. The molecule has 2 saturated heterocycles. The normalized spacial score (nSPS) is 28.6. The maximum absolute atomic E-state index is 13.1. The Kier molecular flexibility index (Phi) is 5.27. The Balaban J connectivity index is 1.96. The number of methoxy groups -OCH3 is 1. The zero-order valence-corrected chi connectivity index (χ0v) is 15.1. The van der Waals surface area contributed by atoms with Gasteiger partial charge in [-0.25, -0.2) is 0 Å². The van der Waals surface area contributed by atoms with Crippen LogP contribution in [0.1, 0.15) is 25.6 Å². The number of rotatable bonds is 5. The fourth-order valence-corrected chi connectivity index (χ4v) is 3.98. The summed E-state index contributed by atoms with van der Waals surface area (Å²) in [4.78, 5) is 39.3. The van der Waals surface area contributed by atoms with Crippen molar-refractivity contribution in [3.63, 3.8) is 0 Å². The molecule has 0 aliphatic carbocycles. The molecule has 0 saturated carbocycles. The summed E-state index contributed by atoms with van der Waals surface area (Å²) in [7, 11) is 1.30. The van der Waals surface area contributed by atoms with Crippen molar-refractivity contribution in [1.82, 2.24) is 4.90 Å². The van der Waals surface area contributed by atoms with Gasteiger partial charge in [-0.1, -0.05) is 37.3 Å². The van der Waals surface area contributed by atoms with Crippen molar-refractivity contribution in [2.45, 2.75) is 26.1 Å². The van der Waals surface area contributed by atoms with E-state index in [0.29, 0.717) is 0 Å². The van der Waals surface area contributed by atoms with Crippen LogP contribution in [0.15, 0.2) is 30.3 Å². The number of nitrogens with zero attached hydrogens (tertiary/aromatic N) is 1. The molecule has 1 amide bonds. The van der Waals surface area contributed by atoms with Crippen LogP contribution in [0.25, 0.3) is 0 Å². The predicted octanol–water partition coefficient (Wildman–Crippen LogP) is 1.53. The van der Waals surface area contributed by atoms with E-state index in [4.69, 9.17) is 14.2 Å². The van der Waals surface area contributed by atoms with Crippen LogP contribution >= 0.6 is 0 Å². The third-order valence-corrected chi connectivity index (χ3v) is 5.16. The van der Waals surface area contributed by atoms with E-state index in [9.17, 15) is 14.4 Å². The molecule has 0 radical (unpaired) electrons. The first-order chi connectivity index (χ1) is 12.5. The van der Waals surface area contributed by atoms with Gasteiger partial charge in [0.05, 0.1) is 32.3 Å². The van der Waals surface area contributed by atoms with Gasteiger partial charge < -0.3 is 19.1 Å². The Morgan fingerprint density at radius 1 is 1.31 bits per heavy atom. The zero-order valence-electron chi connectivity index (χ0n) is 15.1. The molecule has 2 aliphatic rings. The van der Waals surface area contributed by atoms with Crippen molar-refractivity contribution in [1.29, 1.82) is 0 Å². The lowest BCUT2D eigenvalue weighted by atomic mass is 9.80. The largest absolute Gasteiger partial charge is 0.469 e. The molecule has 1 aromatic rings. The van der Waals surface area contributed by atoms with Crippen LogP contribution in [-0.4, -0.2) is 49.1 Å². The van der Waals surface area contributed by atoms with E-state index in [1.54, 1.807) is 18.7 Å². The molecule has 26 heavy (non-hydrogen) atoms. The molecule has 0 spiro atoms. The van der Waals surface area contributed by atoms with Crippen molar-refractivity contribution in [3.05, 3.63) is 35.9 Å². The Labute approximate surface area is 152 Å². The average molecular weight is 361 g/mol. The highest BCUT2D eigenvalue weighted by Crippen LogP contribution is 2.46. The second-order valence-corrected chi connectivity index (χ2v) is 6.53. The van der Waals surface area contributed by atoms with E-state index >= 15 is 0 Å². The van der Waals surface area contributed by atoms with Crippen LogP contribution in [0.5, 0.6) is 0 Å². The molecule has 3 rings (SSSR count). The van der Waals surface area contributed by atoms with Gasteiger partial charge in [0.15, 0.2) is 6.23 Å². The van der Waals surface area contributed by atoms with Crippen LogP contribution in [0.4, 0.5) is 0 Å². The third kappa shape index (κ3) is 2.96. The SMILES string of the molecule is CCOC(=O)[C@@H]1C(=O)N2[C@@H](c3ccccc3)OC[C@@H]2[C@H]1[C@H](C)C(=O)OC. The first-order valence-corrected chi connectivity index (χ1v) is 8.74. The molecule has 5 atom stereocenters. The molecule has 0 aromatic heterocycles. The highest BCUT2D eigenvalue weighted by atomic mass is 16.5. The van der Waals surface area contributed by atoms with Gasteiger partial charge in [-0.2, -0.15) is 0 Å². The number of benzene rings is 1. The van der Waals surface area contributed by atoms with Crippen LogP contribution in [0, 0.1) is 17.8 Å². The first-order valence-electron chi connectivity index (χ1n) is 8.74. The number of carbonyl (C=O) groups is 3. The van der Waals surface area contributed by atoms with Gasteiger partial charge in [0.1, 0.15) is 5.92 Å². The van der Waals surface area contributed by atoms with Crippen molar-refractivity contribution in [2.24, 2.45) is 17.8 Å². The van der Waals surface area contributed by atoms with E-state index in [1.165, 1.54) is 7.11 Å². The minimum absolute atomic E-state index is 0.172. The van der Waals surface area contributed by atoms with Gasteiger partial charge in [-0.3, -0.25) is 14.4 Å². The molecule has 2 fully saturated rings. The molecular formula is C19H23NO6. The Morgan fingerprint density at radius 2 is 2.00 bits per heavy atom. The van der Waals surface area contributed by atoms with E-state index in [0.717, 1.165) is 5.56 Å². The lowest BCUT2D eigenvalue weighted by Crippen LogP contribution is -2.38. The Morgan fingerprint density at radius 3 is 2.62 bits per heavy atom. The molecule has 2 heterocycles. The fraction of sp³-hybridized carbons (Fsp3) is 0.526. The molecule has 2 aliphatic heterocycles.